The first-order valence-electron chi connectivity index (χ1n) is 8.38. The van der Waals surface area contributed by atoms with E-state index in [4.69, 9.17) is 4.74 Å². The van der Waals surface area contributed by atoms with Gasteiger partial charge in [0.1, 0.15) is 5.75 Å². The summed E-state index contributed by atoms with van der Waals surface area (Å²) in [5.74, 6) is 1.07. The topological polar surface area (TPSA) is 61.9 Å². The molecule has 24 heavy (non-hydrogen) atoms. The fourth-order valence-electron chi connectivity index (χ4n) is 2.95. The van der Waals surface area contributed by atoms with Crippen molar-refractivity contribution in [3.8, 4) is 5.75 Å². The molecule has 0 spiro atoms. The molecule has 0 bridgehead atoms. The molecule has 1 aromatic rings. The number of hydrogen-bond acceptors (Lipinski definition) is 4. The molecule has 1 N–H and O–H groups in total. The molecule has 132 valence electrons. The van der Waals surface area contributed by atoms with Gasteiger partial charge >= 0.3 is 0 Å². The van der Waals surface area contributed by atoms with Crippen LogP contribution >= 0.6 is 0 Å². The Balaban J connectivity index is 1.80. The summed E-state index contributed by atoms with van der Waals surface area (Å²) in [7, 11) is 3.25. The Kier molecular flexibility index (Phi) is 6.61. The van der Waals surface area contributed by atoms with Crippen molar-refractivity contribution in [2.75, 3.05) is 45.7 Å². The van der Waals surface area contributed by atoms with Crippen LogP contribution in [0.15, 0.2) is 24.3 Å². The van der Waals surface area contributed by atoms with Gasteiger partial charge < -0.3 is 15.0 Å². The van der Waals surface area contributed by atoms with Crippen molar-refractivity contribution < 1.29 is 14.3 Å². The molecular weight excluding hydrogens is 306 g/mol. The fourth-order valence-corrected chi connectivity index (χ4v) is 2.95. The zero-order valence-corrected chi connectivity index (χ0v) is 14.7. The summed E-state index contributed by atoms with van der Waals surface area (Å²) in [4.78, 5) is 28.1. The van der Waals surface area contributed by atoms with E-state index < -0.39 is 0 Å². The summed E-state index contributed by atoms with van der Waals surface area (Å²) >= 11 is 0. The van der Waals surface area contributed by atoms with Crippen LogP contribution in [0.5, 0.6) is 5.75 Å². The van der Waals surface area contributed by atoms with Gasteiger partial charge in [-0.25, -0.2) is 0 Å². The second kappa shape index (κ2) is 8.68. The van der Waals surface area contributed by atoms with Gasteiger partial charge in [-0.05, 0) is 37.4 Å². The van der Waals surface area contributed by atoms with Crippen molar-refractivity contribution in [2.45, 2.75) is 19.8 Å². The molecule has 0 saturated carbocycles. The molecule has 6 heteroatoms. The van der Waals surface area contributed by atoms with E-state index in [2.05, 4.69) is 17.1 Å². The molecule has 0 aliphatic carbocycles. The predicted octanol–water partition coefficient (Wildman–Crippen LogP) is 1.82. The van der Waals surface area contributed by atoms with Gasteiger partial charge in [0.25, 0.3) is 0 Å². The van der Waals surface area contributed by atoms with Gasteiger partial charge in [0.05, 0.1) is 20.2 Å². The number of nitrogens with zero attached hydrogens (tertiary/aromatic N) is 2. The lowest BCUT2D eigenvalue weighted by atomic mass is 10.0. The van der Waals surface area contributed by atoms with E-state index in [0.717, 1.165) is 19.5 Å². The van der Waals surface area contributed by atoms with Crippen molar-refractivity contribution in [1.29, 1.82) is 0 Å². The summed E-state index contributed by atoms with van der Waals surface area (Å²) in [6.07, 6.45) is 2.36. The smallest absolute Gasteiger partial charge is 0.243 e. The van der Waals surface area contributed by atoms with Crippen molar-refractivity contribution in [2.24, 2.45) is 5.92 Å². The summed E-state index contributed by atoms with van der Waals surface area (Å²) < 4.78 is 5.13. The lowest BCUT2D eigenvalue weighted by Crippen LogP contribution is -2.44. The number of benzene rings is 1. The van der Waals surface area contributed by atoms with Crippen molar-refractivity contribution in [1.82, 2.24) is 9.80 Å². The van der Waals surface area contributed by atoms with Crippen LogP contribution in [0.3, 0.4) is 0 Å². The number of anilines is 1. The molecule has 1 heterocycles. The van der Waals surface area contributed by atoms with Gasteiger partial charge in [-0.15, -0.1) is 0 Å². The van der Waals surface area contributed by atoms with E-state index >= 15 is 0 Å². The highest BCUT2D eigenvalue weighted by Crippen LogP contribution is 2.17. The number of hydrogen-bond donors (Lipinski definition) is 1. The van der Waals surface area contributed by atoms with Crippen molar-refractivity contribution >= 4 is 17.5 Å². The third-order valence-corrected chi connectivity index (χ3v) is 4.26. The largest absolute Gasteiger partial charge is 0.497 e. The molecule has 1 fully saturated rings. The molecule has 0 aromatic heterocycles. The molecule has 1 aliphatic rings. The van der Waals surface area contributed by atoms with E-state index in [1.165, 1.54) is 11.3 Å². The van der Waals surface area contributed by atoms with E-state index in [1.54, 1.807) is 32.4 Å². The predicted molar refractivity (Wildman–Crippen MR) is 94.1 cm³/mol. The zero-order chi connectivity index (χ0) is 17.5. The van der Waals surface area contributed by atoms with Crippen LogP contribution in [0.4, 0.5) is 5.69 Å². The van der Waals surface area contributed by atoms with Gasteiger partial charge in [-0.1, -0.05) is 13.0 Å². The summed E-state index contributed by atoms with van der Waals surface area (Å²) in [6, 6.07) is 7.15. The van der Waals surface area contributed by atoms with Crippen LogP contribution < -0.4 is 10.1 Å². The van der Waals surface area contributed by atoms with Crippen LogP contribution in [0.1, 0.15) is 19.8 Å². The highest BCUT2D eigenvalue weighted by atomic mass is 16.5. The van der Waals surface area contributed by atoms with Gasteiger partial charge in [-0.3, -0.25) is 14.5 Å². The third kappa shape index (κ3) is 5.53. The molecule has 1 aliphatic heterocycles. The Hall–Kier alpha value is -2.08. The summed E-state index contributed by atoms with van der Waals surface area (Å²) in [5.41, 5.74) is 0.657. The minimum Gasteiger partial charge on any atom is -0.497 e. The van der Waals surface area contributed by atoms with Crippen LogP contribution in [-0.4, -0.2) is 62.0 Å². The molecule has 2 rings (SSSR count). The number of likely N-dealkylation sites (N-methyl/N-ethyl adjacent to an activating group) is 1. The highest BCUT2D eigenvalue weighted by Gasteiger charge is 2.21. The average Bonchev–Trinajstić information content (AvgIpc) is 2.54. The Labute approximate surface area is 143 Å². The summed E-state index contributed by atoms with van der Waals surface area (Å²) in [5, 5.41) is 2.79. The van der Waals surface area contributed by atoms with Crippen LogP contribution in [0.25, 0.3) is 0 Å². The number of carbonyl (C=O) groups excluding carboxylic acids is 2. The molecule has 6 nitrogen and oxygen atoms in total. The maximum absolute atomic E-state index is 12.3. The average molecular weight is 333 g/mol. The Bertz CT molecular complexity index is 576. The van der Waals surface area contributed by atoms with Crippen LogP contribution in [0.2, 0.25) is 0 Å². The van der Waals surface area contributed by atoms with Crippen molar-refractivity contribution in [3.63, 3.8) is 0 Å². The normalized spacial score (nSPS) is 18.0. The Morgan fingerprint density at radius 1 is 1.42 bits per heavy atom. The molecule has 1 aromatic carbocycles. The molecule has 0 unspecified atom stereocenters. The maximum Gasteiger partial charge on any atom is 0.243 e. The number of nitrogens with one attached hydrogen (secondary N) is 1. The van der Waals surface area contributed by atoms with E-state index in [0.29, 0.717) is 23.9 Å². The zero-order valence-electron chi connectivity index (χ0n) is 14.7. The Morgan fingerprint density at radius 3 is 2.92 bits per heavy atom. The third-order valence-electron chi connectivity index (χ3n) is 4.26. The fraction of sp³-hybridized carbons (Fsp3) is 0.556. The standard InChI is InChI=1S/C18H27N3O3/c1-14-6-5-9-21(11-14)13-18(23)20(2)12-17(22)19-15-7-4-8-16(10-15)24-3/h4,7-8,10,14H,5-6,9,11-13H2,1-3H3,(H,19,22)/t14-/m0/s1. The number of likely N-dealkylation sites (tertiary alicyclic amines) is 1. The Morgan fingerprint density at radius 2 is 2.21 bits per heavy atom. The minimum absolute atomic E-state index is 0.0232. The molecule has 0 radical (unpaired) electrons. The van der Waals surface area contributed by atoms with E-state index in [9.17, 15) is 9.59 Å². The number of methoxy groups -OCH3 is 1. The first kappa shape index (κ1) is 18.3. The van der Waals surface area contributed by atoms with Gasteiger partial charge in [-0.2, -0.15) is 0 Å². The van der Waals surface area contributed by atoms with Crippen LogP contribution in [-0.2, 0) is 9.59 Å². The van der Waals surface area contributed by atoms with Crippen LogP contribution in [0, 0.1) is 5.92 Å². The monoisotopic (exact) mass is 333 g/mol. The molecule has 2 amide bonds. The van der Waals surface area contributed by atoms with E-state index in [-0.39, 0.29) is 18.4 Å². The number of carbonyl (C=O) groups is 2. The number of ether oxygens (including phenoxy) is 1. The number of piperidine rings is 1. The lowest BCUT2D eigenvalue weighted by Gasteiger charge is -2.31. The quantitative estimate of drug-likeness (QED) is 0.863. The SMILES string of the molecule is COc1cccc(NC(=O)CN(C)C(=O)CN2CCC[C@H](C)C2)c1. The van der Waals surface area contributed by atoms with Gasteiger partial charge in [0, 0.05) is 25.3 Å². The summed E-state index contributed by atoms with van der Waals surface area (Å²) in [6.45, 7) is 4.55. The number of amides is 2. The van der Waals surface area contributed by atoms with Gasteiger partial charge in [0.2, 0.25) is 11.8 Å². The highest BCUT2D eigenvalue weighted by molar-refractivity contribution is 5.94. The second-order valence-corrected chi connectivity index (χ2v) is 6.51. The second-order valence-electron chi connectivity index (χ2n) is 6.51. The van der Waals surface area contributed by atoms with Gasteiger partial charge in [0.15, 0.2) is 0 Å². The number of rotatable bonds is 6. The van der Waals surface area contributed by atoms with E-state index in [1.807, 2.05) is 6.07 Å². The molecule has 1 saturated heterocycles. The minimum atomic E-state index is -0.217. The first-order valence-corrected chi connectivity index (χ1v) is 8.38. The first-order chi connectivity index (χ1) is 11.5. The molecule has 1 atom stereocenters. The molecular formula is C18H27N3O3. The maximum atomic E-state index is 12.3. The lowest BCUT2D eigenvalue weighted by molar-refractivity contribution is -0.134. The van der Waals surface area contributed by atoms with Crippen molar-refractivity contribution in [3.05, 3.63) is 24.3 Å².